The summed E-state index contributed by atoms with van der Waals surface area (Å²) >= 11 is 1.57. The molecule has 1 aliphatic carbocycles. The lowest BCUT2D eigenvalue weighted by Gasteiger charge is -2.09. The number of hydrogen-bond donors (Lipinski definition) is 1. The average Bonchev–Trinajstić information content (AvgIpc) is 3.02. The minimum absolute atomic E-state index is 0.346. The first kappa shape index (κ1) is 11.3. The highest BCUT2D eigenvalue weighted by Crippen LogP contribution is 2.30. The smallest absolute Gasteiger partial charge is 0.344 e. The molecule has 0 aliphatic heterocycles. The van der Waals surface area contributed by atoms with E-state index in [2.05, 4.69) is 4.98 Å². The van der Waals surface area contributed by atoms with Crippen LogP contribution < -0.4 is 4.84 Å². The van der Waals surface area contributed by atoms with Crippen LogP contribution >= 0.6 is 11.3 Å². The maximum atomic E-state index is 10.6. The van der Waals surface area contributed by atoms with Gasteiger partial charge in [-0.15, -0.1) is 11.3 Å². The maximum Gasteiger partial charge on any atom is 0.344 e. The molecule has 0 saturated heterocycles. The van der Waals surface area contributed by atoms with Gasteiger partial charge in [0.2, 0.25) is 6.61 Å². The Balaban J connectivity index is 2.00. The maximum absolute atomic E-state index is 10.6. The van der Waals surface area contributed by atoms with Crippen LogP contribution in [0.1, 0.15) is 17.8 Å². The summed E-state index contributed by atoms with van der Waals surface area (Å²) in [5, 5.41) is 10.7. The van der Waals surface area contributed by atoms with Crippen LogP contribution in [0.4, 0.5) is 0 Å². The van der Waals surface area contributed by atoms with Crippen LogP contribution in [0, 0.1) is 0 Å². The molecule has 0 saturated carbocycles. The van der Waals surface area contributed by atoms with Gasteiger partial charge in [-0.3, -0.25) is 0 Å². The third-order valence-corrected chi connectivity index (χ3v) is 3.76. The van der Waals surface area contributed by atoms with Crippen molar-refractivity contribution in [1.82, 2.24) is 9.71 Å². The van der Waals surface area contributed by atoms with Gasteiger partial charge in [0.15, 0.2) is 5.82 Å². The van der Waals surface area contributed by atoms with Gasteiger partial charge >= 0.3 is 5.97 Å². The van der Waals surface area contributed by atoms with Crippen LogP contribution in [0.25, 0.3) is 10.7 Å². The molecule has 0 amide bonds. The zero-order chi connectivity index (χ0) is 12.5. The summed E-state index contributed by atoms with van der Waals surface area (Å²) in [6.45, 7) is -0.346. The third-order valence-electron chi connectivity index (χ3n) is 2.90. The summed E-state index contributed by atoms with van der Waals surface area (Å²) in [6.07, 6.45) is 2.89. The predicted molar refractivity (Wildman–Crippen MR) is 66.6 cm³/mol. The molecule has 5 nitrogen and oxygen atoms in total. The summed E-state index contributed by atoms with van der Waals surface area (Å²) < 4.78 is 1.60. The zero-order valence-corrected chi connectivity index (χ0v) is 10.4. The van der Waals surface area contributed by atoms with Crippen LogP contribution in [0.3, 0.4) is 0 Å². The standard InChI is InChI=1S/C12H12N2O3S/c15-11(16)7-17-14-9-4-1-3-8(9)13-12(14)10-5-2-6-18-10/h2,5-6H,1,3-4,7H2,(H,15,16). The number of carboxylic acids is 1. The molecule has 0 radical (unpaired) electrons. The largest absolute Gasteiger partial charge is 0.479 e. The molecule has 6 heteroatoms. The van der Waals surface area contributed by atoms with E-state index in [9.17, 15) is 4.79 Å². The van der Waals surface area contributed by atoms with Gasteiger partial charge in [-0.1, -0.05) is 6.07 Å². The van der Waals surface area contributed by atoms with E-state index < -0.39 is 5.97 Å². The molecular weight excluding hydrogens is 252 g/mol. The number of carboxylic acid groups (broad SMARTS) is 1. The third kappa shape index (κ3) is 1.88. The molecule has 0 bridgehead atoms. The highest BCUT2D eigenvalue weighted by Gasteiger charge is 2.24. The molecular formula is C12H12N2O3S. The van der Waals surface area contributed by atoms with Gasteiger partial charge in [-0.2, -0.15) is 4.73 Å². The van der Waals surface area contributed by atoms with E-state index in [-0.39, 0.29) is 6.61 Å². The topological polar surface area (TPSA) is 64.3 Å². The highest BCUT2D eigenvalue weighted by atomic mass is 32.1. The average molecular weight is 264 g/mol. The van der Waals surface area contributed by atoms with E-state index in [0.29, 0.717) is 0 Å². The molecule has 0 unspecified atom stereocenters. The van der Waals surface area contributed by atoms with Gasteiger partial charge in [-0.25, -0.2) is 9.78 Å². The van der Waals surface area contributed by atoms with Gasteiger partial charge in [0.1, 0.15) is 0 Å². The Morgan fingerprint density at radius 1 is 1.56 bits per heavy atom. The lowest BCUT2D eigenvalue weighted by Crippen LogP contribution is -2.21. The van der Waals surface area contributed by atoms with Crippen LogP contribution in [0.5, 0.6) is 0 Å². The Bertz CT molecular complexity index is 574. The van der Waals surface area contributed by atoms with Crippen molar-refractivity contribution in [1.29, 1.82) is 0 Å². The number of aryl methyl sites for hydroxylation is 1. The molecule has 3 rings (SSSR count). The van der Waals surface area contributed by atoms with E-state index >= 15 is 0 Å². The van der Waals surface area contributed by atoms with Crippen LogP contribution in [-0.2, 0) is 17.6 Å². The molecule has 94 valence electrons. The Morgan fingerprint density at radius 2 is 2.44 bits per heavy atom. The van der Waals surface area contributed by atoms with Crippen molar-refractivity contribution in [3.63, 3.8) is 0 Å². The van der Waals surface area contributed by atoms with Crippen LogP contribution in [-0.4, -0.2) is 27.4 Å². The predicted octanol–water partition coefficient (Wildman–Crippen LogP) is 1.61. The monoisotopic (exact) mass is 264 g/mol. The van der Waals surface area contributed by atoms with E-state index in [0.717, 1.165) is 41.4 Å². The lowest BCUT2D eigenvalue weighted by atomic mass is 10.3. The Hall–Kier alpha value is -1.82. The van der Waals surface area contributed by atoms with Crippen molar-refractivity contribution in [2.45, 2.75) is 19.3 Å². The summed E-state index contributed by atoms with van der Waals surface area (Å²) in [5.41, 5.74) is 2.04. The number of imidazole rings is 1. The van der Waals surface area contributed by atoms with Gasteiger partial charge in [0.25, 0.3) is 0 Å². The fourth-order valence-electron chi connectivity index (χ4n) is 2.17. The van der Waals surface area contributed by atoms with E-state index in [1.54, 1.807) is 16.1 Å². The second-order valence-corrected chi connectivity index (χ2v) is 5.07. The first-order chi connectivity index (χ1) is 8.75. The number of nitrogens with zero attached hydrogens (tertiary/aromatic N) is 2. The van der Waals surface area contributed by atoms with Gasteiger partial charge in [0, 0.05) is 0 Å². The Morgan fingerprint density at radius 3 is 3.17 bits per heavy atom. The van der Waals surface area contributed by atoms with Crippen molar-refractivity contribution in [2.24, 2.45) is 0 Å². The molecule has 0 aromatic carbocycles. The molecule has 18 heavy (non-hydrogen) atoms. The summed E-state index contributed by atoms with van der Waals surface area (Å²) in [4.78, 5) is 21.6. The second-order valence-electron chi connectivity index (χ2n) is 4.12. The number of aliphatic carboxylic acids is 1. The van der Waals surface area contributed by atoms with Crippen LogP contribution in [0.2, 0.25) is 0 Å². The van der Waals surface area contributed by atoms with Crippen molar-refractivity contribution < 1.29 is 14.7 Å². The minimum atomic E-state index is -0.979. The molecule has 0 atom stereocenters. The van der Waals surface area contributed by atoms with Gasteiger partial charge < -0.3 is 9.94 Å². The SMILES string of the molecule is O=C(O)COn1c(-c2cccs2)nc2c1CCC2. The number of fused-ring (bicyclic) bond motifs is 1. The van der Waals surface area contributed by atoms with Gasteiger partial charge in [0.05, 0.1) is 16.3 Å². The highest BCUT2D eigenvalue weighted by molar-refractivity contribution is 7.13. The summed E-state index contributed by atoms with van der Waals surface area (Å²) in [6, 6.07) is 3.91. The summed E-state index contributed by atoms with van der Waals surface area (Å²) in [5.74, 6) is -0.261. The minimum Gasteiger partial charge on any atom is -0.479 e. The Labute approximate surface area is 108 Å². The molecule has 2 aromatic rings. The van der Waals surface area contributed by atoms with Crippen molar-refractivity contribution in [2.75, 3.05) is 6.61 Å². The molecule has 2 aromatic heterocycles. The molecule has 0 fully saturated rings. The van der Waals surface area contributed by atoms with E-state index in [1.807, 2.05) is 17.5 Å². The fraction of sp³-hybridized carbons (Fsp3) is 0.333. The zero-order valence-electron chi connectivity index (χ0n) is 9.63. The number of rotatable bonds is 4. The number of carbonyl (C=O) groups is 1. The summed E-state index contributed by atoms with van der Waals surface area (Å²) in [7, 11) is 0. The number of thiophene rings is 1. The molecule has 1 N–H and O–H groups in total. The number of aromatic nitrogens is 2. The first-order valence-electron chi connectivity index (χ1n) is 5.75. The fourth-order valence-corrected chi connectivity index (χ4v) is 2.87. The number of hydrogen-bond acceptors (Lipinski definition) is 4. The van der Waals surface area contributed by atoms with Crippen LogP contribution in [0.15, 0.2) is 17.5 Å². The van der Waals surface area contributed by atoms with Gasteiger partial charge in [-0.05, 0) is 30.7 Å². The van der Waals surface area contributed by atoms with Crippen molar-refractivity contribution in [3.05, 3.63) is 28.9 Å². The lowest BCUT2D eigenvalue weighted by molar-refractivity contribution is -0.142. The normalized spacial score (nSPS) is 13.6. The second kappa shape index (κ2) is 4.45. The molecule has 0 spiro atoms. The first-order valence-corrected chi connectivity index (χ1v) is 6.63. The van der Waals surface area contributed by atoms with E-state index in [1.165, 1.54) is 0 Å². The molecule has 2 heterocycles. The quantitative estimate of drug-likeness (QED) is 0.911. The van der Waals surface area contributed by atoms with Crippen molar-refractivity contribution >= 4 is 17.3 Å². The van der Waals surface area contributed by atoms with E-state index in [4.69, 9.17) is 9.94 Å². The van der Waals surface area contributed by atoms with Crippen molar-refractivity contribution in [3.8, 4) is 10.7 Å². The Kier molecular flexibility index (Phi) is 2.79. The molecule has 1 aliphatic rings.